The molecule has 0 unspecified atom stereocenters. The molecule has 1 saturated heterocycles. The molecule has 1 aromatic heterocycles. The third-order valence-corrected chi connectivity index (χ3v) is 6.41. The Morgan fingerprint density at radius 3 is 2.29 bits per heavy atom. The molecular weight excluding hydrogens is 433 g/mol. The number of fused-ring (bicyclic) bond motifs is 1. The predicted octanol–water partition coefficient (Wildman–Crippen LogP) is -2.56. The van der Waals surface area contributed by atoms with E-state index in [1.165, 1.54) is 5.69 Å². The van der Waals surface area contributed by atoms with E-state index in [0.29, 0.717) is 12.8 Å². The lowest BCUT2D eigenvalue weighted by atomic mass is 9.74. The molecule has 0 atom stereocenters. The van der Waals surface area contributed by atoms with E-state index >= 15 is 0 Å². The van der Waals surface area contributed by atoms with Crippen LogP contribution in [0.3, 0.4) is 0 Å². The number of piperazine rings is 1. The fourth-order valence-corrected chi connectivity index (χ4v) is 4.84. The Kier molecular flexibility index (Phi) is 8.37. The molecule has 1 fully saturated rings. The molecule has 2 heterocycles. The molecule has 0 bridgehead atoms. The second-order valence-electron chi connectivity index (χ2n) is 9.27. The van der Waals surface area contributed by atoms with E-state index in [4.69, 9.17) is 0 Å². The topological polar surface area (TPSA) is 56.4 Å². The van der Waals surface area contributed by atoms with Crippen molar-refractivity contribution in [2.75, 3.05) is 37.6 Å². The van der Waals surface area contributed by atoms with Gasteiger partial charge in [0.15, 0.2) is 5.78 Å². The second kappa shape index (κ2) is 10.2. The van der Waals surface area contributed by atoms with Gasteiger partial charge in [0.1, 0.15) is 0 Å². The molecule has 0 radical (unpaired) electrons. The van der Waals surface area contributed by atoms with E-state index in [-0.39, 0.29) is 44.4 Å². The highest BCUT2D eigenvalue weighted by Crippen LogP contribution is 2.35. The van der Waals surface area contributed by atoms with E-state index < -0.39 is 0 Å². The number of anilines is 1. The number of carbonyl (C=O) groups is 1. The summed E-state index contributed by atoms with van der Waals surface area (Å²) in [6, 6.07) is 10.5. The molecule has 5 nitrogen and oxygen atoms in total. The van der Waals surface area contributed by atoms with Gasteiger partial charge >= 0.3 is 2.85 Å². The number of para-hydroxylation sites is 1. The molecule has 1 aliphatic carbocycles. The fourth-order valence-electron chi connectivity index (χ4n) is 4.84. The summed E-state index contributed by atoms with van der Waals surface area (Å²) in [7, 11) is 0. The normalized spacial score (nSPS) is 18.0. The average Bonchev–Trinajstić information content (AvgIpc) is 2.67. The highest BCUT2D eigenvalue weighted by Gasteiger charge is 2.33. The van der Waals surface area contributed by atoms with Crippen LogP contribution in [0.15, 0.2) is 35.1 Å². The van der Waals surface area contributed by atoms with Crippen molar-refractivity contribution in [3.63, 3.8) is 0 Å². The van der Waals surface area contributed by atoms with Gasteiger partial charge in [-0.15, -0.1) is 0 Å². The standard InChI is InChI=1S/C24H31N3O2.2ClH/c1-17-19(23(29)25-20-15-24(2,3)16-21(28)22(17)20)9-10-26-11-13-27(14-12-26)18-7-5-4-6-8-18;;/h4-8H,9-16H2,1-3H3,(H,25,29);2*1H. The first-order chi connectivity index (χ1) is 13.8. The summed E-state index contributed by atoms with van der Waals surface area (Å²) >= 11 is 0. The SMILES string of the molecule is Cc1c2c([nH]c(=O)c1CCN1CCN(c3ccccc3)CC1)CC(C)(C)CC2=O.[Cl-].[Cl-].[H+].[H+]. The minimum absolute atomic E-state index is 0. The number of Topliss-reactive ketones (excluding diaryl/α,β-unsaturated/α-hetero) is 1. The molecule has 170 valence electrons. The molecule has 0 amide bonds. The minimum Gasteiger partial charge on any atom is -1.00 e. The fraction of sp³-hybridized carbons (Fsp3) is 0.500. The van der Waals surface area contributed by atoms with Gasteiger partial charge in [-0.25, -0.2) is 0 Å². The summed E-state index contributed by atoms with van der Waals surface area (Å²) in [6.07, 6.45) is 2.00. The van der Waals surface area contributed by atoms with Gasteiger partial charge < -0.3 is 34.7 Å². The second-order valence-corrected chi connectivity index (χ2v) is 9.27. The van der Waals surface area contributed by atoms with Crippen LogP contribution in [0.2, 0.25) is 0 Å². The maximum absolute atomic E-state index is 12.7. The van der Waals surface area contributed by atoms with Crippen molar-refractivity contribution in [1.29, 1.82) is 0 Å². The van der Waals surface area contributed by atoms with Crippen molar-refractivity contribution in [1.82, 2.24) is 9.88 Å². The number of benzene rings is 1. The molecule has 0 saturated carbocycles. The van der Waals surface area contributed by atoms with Gasteiger partial charge in [0, 0.05) is 61.7 Å². The highest BCUT2D eigenvalue weighted by atomic mass is 35.5. The van der Waals surface area contributed by atoms with E-state index in [9.17, 15) is 9.59 Å². The zero-order chi connectivity index (χ0) is 20.6. The summed E-state index contributed by atoms with van der Waals surface area (Å²) < 4.78 is 0. The quantitative estimate of drug-likeness (QED) is 0.539. The summed E-state index contributed by atoms with van der Waals surface area (Å²) in [5.74, 6) is 0.169. The smallest absolute Gasteiger partial charge is 1.00 e. The number of rotatable bonds is 4. The van der Waals surface area contributed by atoms with Crippen LogP contribution >= 0.6 is 0 Å². The van der Waals surface area contributed by atoms with Crippen molar-refractivity contribution >= 4 is 11.5 Å². The Morgan fingerprint density at radius 1 is 1.00 bits per heavy atom. The van der Waals surface area contributed by atoms with E-state index in [2.05, 4.69) is 52.9 Å². The van der Waals surface area contributed by atoms with Gasteiger partial charge in [0.25, 0.3) is 5.56 Å². The molecule has 0 spiro atoms. The Hall–Kier alpha value is -1.82. The lowest BCUT2D eigenvalue weighted by Gasteiger charge is -2.36. The van der Waals surface area contributed by atoms with Gasteiger partial charge in [-0.2, -0.15) is 0 Å². The lowest BCUT2D eigenvalue weighted by Crippen LogP contribution is -3.00. The van der Waals surface area contributed by atoms with Crippen molar-refractivity contribution in [3.8, 4) is 0 Å². The molecule has 2 aliphatic rings. The third kappa shape index (κ3) is 5.51. The number of aromatic nitrogens is 1. The summed E-state index contributed by atoms with van der Waals surface area (Å²) in [5, 5.41) is 0. The first-order valence-electron chi connectivity index (χ1n) is 10.6. The molecule has 1 aliphatic heterocycles. The molecule has 1 N–H and O–H groups in total. The number of hydrogen-bond acceptors (Lipinski definition) is 4. The van der Waals surface area contributed by atoms with Crippen molar-refractivity contribution < 1.29 is 32.5 Å². The Morgan fingerprint density at radius 2 is 1.65 bits per heavy atom. The van der Waals surface area contributed by atoms with Gasteiger partial charge in [-0.05, 0) is 42.9 Å². The van der Waals surface area contributed by atoms with Crippen LogP contribution in [0, 0.1) is 12.3 Å². The number of pyridine rings is 1. The zero-order valence-electron chi connectivity index (χ0n) is 20.5. The van der Waals surface area contributed by atoms with Crippen molar-refractivity contribution in [2.45, 2.75) is 40.0 Å². The number of ketones is 1. The van der Waals surface area contributed by atoms with Crippen LogP contribution in [0.4, 0.5) is 5.69 Å². The monoisotopic (exact) mass is 465 g/mol. The number of nitrogens with one attached hydrogen (secondary N) is 1. The number of aromatic amines is 1. The van der Waals surface area contributed by atoms with Crippen LogP contribution in [0.25, 0.3) is 0 Å². The first kappa shape index (κ1) is 25.4. The first-order valence-corrected chi connectivity index (χ1v) is 10.6. The predicted molar refractivity (Wildman–Crippen MR) is 119 cm³/mol. The van der Waals surface area contributed by atoms with Gasteiger partial charge in [-0.3, -0.25) is 14.5 Å². The summed E-state index contributed by atoms with van der Waals surface area (Å²) in [4.78, 5) is 33.3. The van der Waals surface area contributed by atoms with Crippen LogP contribution in [-0.2, 0) is 12.8 Å². The van der Waals surface area contributed by atoms with Crippen LogP contribution in [-0.4, -0.2) is 48.4 Å². The Balaban J connectivity index is 0.00000256. The maximum atomic E-state index is 12.7. The summed E-state index contributed by atoms with van der Waals surface area (Å²) in [6.45, 7) is 11.0. The highest BCUT2D eigenvalue weighted by molar-refractivity contribution is 6.00. The molecular formula is C24H33Cl2N3O2. The Labute approximate surface area is 200 Å². The van der Waals surface area contributed by atoms with Crippen LogP contribution < -0.4 is 35.3 Å². The lowest BCUT2D eigenvalue weighted by molar-refractivity contribution is -0.001000. The number of H-pyrrole nitrogens is 1. The zero-order valence-corrected chi connectivity index (χ0v) is 20.0. The third-order valence-electron chi connectivity index (χ3n) is 6.41. The molecule has 31 heavy (non-hydrogen) atoms. The average molecular weight is 466 g/mol. The Bertz CT molecular complexity index is 976. The number of carbonyl (C=O) groups excluding carboxylic acids is 1. The summed E-state index contributed by atoms with van der Waals surface area (Å²) in [5.41, 5.74) is 4.45. The maximum Gasteiger partial charge on any atom is 1.00 e. The van der Waals surface area contributed by atoms with Crippen molar-refractivity contribution in [2.24, 2.45) is 5.41 Å². The molecule has 7 heteroatoms. The number of hydrogen-bond donors (Lipinski definition) is 1. The van der Waals surface area contributed by atoms with Crippen molar-refractivity contribution in [3.05, 3.63) is 63.1 Å². The van der Waals surface area contributed by atoms with Gasteiger partial charge in [0.2, 0.25) is 0 Å². The van der Waals surface area contributed by atoms with Crippen LogP contribution in [0.1, 0.15) is 50.3 Å². The van der Waals surface area contributed by atoms with E-state index in [1.54, 1.807) is 0 Å². The number of halogens is 2. The number of nitrogens with zero attached hydrogens (tertiary/aromatic N) is 2. The molecule has 2 aromatic rings. The van der Waals surface area contributed by atoms with Gasteiger partial charge in [0.05, 0.1) is 0 Å². The van der Waals surface area contributed by atoms with Gasteiger partial charge in [-0.1, -0.05) is 32.0 Å². The largest absolute Gasteiger partial charge is 1.00 e. The van der Waals surface area contributed by atoms with E-state index in [0.717, 1.165) is 61.5 Å². The molecule has 1 aromatic carbocycles. The van der Waals surface area contributed by atoms with Crippen LogP contribution in [0.5, 0.6) is 0 Å². The molecule has 4 rings (SSSR count). The minimum atomic E-state index is -0.0839. The van der Waals surface area contributed by atoms with E-state index in [1.807, 2.05) is 13.0 Å².